The third-order valence-corrected chi connectivity index (χ3v) is 4.76. The first kappa shape index (κ1) is 33.8. The van der Waals surface area contributed by atoms with Gasteiger partial charge < -0.3 is 33.9 Å². The number of rotatable bonds is 22. The number of amides is 1. The number of methoxy groups -OCH3 is 1. The Morgan fingerprint density at radius 2 is 1.71 bits per heavy atom. The Morgan fingerprint density at radius 1 is 1.00 bits per heavy atom. The highest BCUT2D eigenvalue weighted by atomic mass is 17.0. The Labute approximate surface area is 217 Å². The van der Waals surface area contributed by atoms with Crippen LogP contribution in [-0.2, 0) is 47.8 Å². The first-order valence-electron chi connectivity index (χ1n) is 11.6. The summed E-state index contributed by atoms with van der Waals surface area (Å²) in [5.74, 6) is -2.22. The van der Waals surface area contributed by atoms with Crippen LogP contribution in [0, 0.1) is 20.2 Å². The number of nitrogens with one attached hydrogen (secondary N) is 1. The molecule has 17 nitrogen and oxygen atoms in total. The molecule has 38 heavy (non-hydrogen) atoms. The summed E-state index contributed by atoms with van der Waals surface area (Å²) in [7, 11) is 1.25. The van der Waals surface area contributed by atoms with E-state index in [4.69, 9.17) is 14.2 Å². The van der Waals surface area contributed by atoms with Gasteiger partial charge in [0.05, 0.1) is 7.11 Å². The van der Waals surface area contributed by atoms with Crippen molar-refractivity contribution in [3.63, 3.8) is 0 Å². The molecule has 17 heteroatoms. The van der Waals surface area contributed by atoms with Crippen molar-refractivity contribution in [2.24, 2.45) is 0 Å². The molecule has 0 aromatic carbocycles. The quantitative estimate of drug-likeness (QED) is 0.0379. The lowest BCUT2D eigenvalue weighted by Crippen LogP contribution is -2.45. The predicted octanol–water partition coefficient (Wildman–Crippen LogP) is 1.14. The highest BCUT2D eigenvalue weighted by Crippen LogP contribution is 2.09. The Kier molecular flexibility index (Phi) is 17.7. The summed E-state index contributed by atoms with van der Waals surface area (Å²) in [6.07, 6.45) is 0.648. The summed E-state index contributed by atoms with van der Waals surface area (Å²) in [5.41, 5.74) is 0. The van der Waals surface area contributed by atoms with Crippen LogP contribution in [0.1, 0.15) is 58.8 Å². The van der Waals surface area contributed by atoms with Crippen LogP contribution in [-0.4, -0.2) is 73.6 Å². The molecule has 0 heterocycles. The lowest BCUT2D eigenvalue weighted by molar-refractivity contribution is -0.790. The molecule has 0 fully saturated rings. The molecule has 0 aromatic heterocycles. The van der Waals surface area contributed by atoms with E-state index in [0.717, 1.165) is 12.8 Å². The van der Waals surface area contributed by atoms with Gasteiger partial charge in [0.1, 0.15) is 25.1 Å². The fraction of sp³-hybridized carbons (Fsp3) is 0.714. The van der Waals surface area contributed by atoms with E-state index in [1.807, 2.05) is 6.92 Å². The highest BCUT2D eigenvalue weighted by molar-refractivity contribution is 5.85. The van der Waals surface area contributed by atoms with Gasteiger partial charge in [-0.25, -0.2) is 4.79 Å². The highest BCUT2D eigenvalue weighted by Gasteiger charge is 2.25. The maximum absolute atomic E-state index is 12.6. The van der Waals surface area contributed by atoms with Crippen molar-refractivity contribution < 1.29 is 58.0 Å². The minimum Gasteiger partial charge on any atom is -0.494 e. The number of nitrogens with zero attached hydrogens (tertiary/aromatic N) is 2. The van der Waals surface area contributed by atoms with Gasteiger partial charge in [-0.2, -0.15) is 0 Å². The third kappa shape index (κ3) is 16.5. The zero-order valence-corrected chi connectivity index (χ0v) is 21.4. The summed E-state index contributed by atoms with van der Waals surface area (Å²) in [5, 5.41) is 20.9. The molecule has 2 atom stereocenters. The predicted molar refractivity (Wildman–Crippen MR) is 124 cm³/mol. The fourth-order valence-electron chi connectivity index (χ4n) is 2.80. The van der Waals surface area contributed by atoms with E-state index in [-0.39, 0.29) is 43.7 Å². The van der Waals surface area contributed by atoms with Gasteiger partial charge in [-0.1, -0.05) is 19.8 Å². The number of esters is 2. The van der Waals surface area contributed by atoms with Crippen molar-refractivity contribution in [2.75, 3.05) is 26.9 Å². The average molecular weight is 552 g/mol. The zero-order chi connectivity index (χ0) is 28.9. The van der Waals surface area contributed by atoms with Crippen LogP contribution in [0.2, 0.25) is 0 Å². The molecule has 0 aliphatic rings. The van der Waals surface area contributed by atoms with E-state index in [1.54, 1.807) is 0 Å². The van der Waals surface area contributed by atoms with Crippen LogP contribution in [0.15, 0.2) is 11.5 Å². The van der Waals surface area contributed by atoms with Crippen LogP contribution in [0.3, 0.4) is 0 Å². The molecule has 2 unspecified atom stereocenters. The van der Waals surface area contributed by atoms with E-state index in [9.17, 15) is 39.4 Å². The summed E-state index contributed by atoms with van der Waals surface area (Å²) in [6.45, 7) is 1.80. The molecular weight excluding hydrogens is 518 g/mol. The van der Waals surface area contributed by atoms with Gasteiger partial charge in [0, 0.05) is 12.8 Å². The number of hydrogen-bond donors (Lipinski definition) is 1. The molecule has 0 saturated heterocycles. The largest absolute Gasteiger partial charge is 0.494 e. The number of ether oxygens (including phenoxy) is 4. The zero-order valence-electron chi connectivity index (χ0n) is 21.4. The van der Waals surface area contributed by atoms with E-state index in [0.29, 0.717) is 6.42 Å². The third-order valence-electron chi connectivity index (χ3n) is 4.76. The molecule has 0 rings (SSSR count). The van der Waals surface area contributed by atoms with Crippen molar-refractivity contribution >= 4 is 24.3 Å². The van der Waals surface area contributed by atoms with E-state index < -0.39 is 60.0 Å². The van der Waals surface area contributed by atoms with Crippen molar-refractivity contribution in [3.05, 3.63) is 31.7 Å². The lowest BCUT2D eigenvalue weighted by Gasteiger charge is -2.19. The first-order chi connectivity index (χ1) is 18.0. The number of allylic oxidation sites excluding steroid dienone is 1. The van der Waals surface area contributed by atoms with Gasteiger partial charge in [0.15, 0.2) is 18.4 Å². The van der Waals surface area contributed by atoms with Crippen LogP contribution >= 0.6 is 0 Å². The molecule has 1 amide bonds. The Bertz CT molecular complexity index is 832. The number of carbonyl (C=O) groups excluding carboxylic acids is 4. The second-order valence-corrected chi connectivity index (χ2v) is 7.63. The Morgan fingerprint density at radius 3 is 2.29 bits per heavy atom. The number of carbonyl (C=O) groups is 4. The molecule has 216 valence electrons. The van der Waals surface area contributed by atoms with Crippen molar-refractivity contribution in [1.82, 2.24) is 5.32 Å². The molecular formula is C21H33N3O14. The van der Waals surface area contributed by atoms with E-state index in [2.05, 4.69) is 19.7 Å². The first-order valence-corrected chi connectivity index (χ1v) is 11.6. The van der Waals surface area contributed by atoms with Crippen molar-refractivity contribution in [2.45, 2.75) is 70.9 Å². The van der Waals surface area contributed by atoms with Crippen LogP contribution < -0.4 is 5.32 Å². The maximum atomic E-state index is 12.6. The minimum atomic E-state index is -1.41. The van der Waals surface area contributed by atoms with Gasteiger partial charge in [-0.3, -0.25) is 14.4 Å². The normalized spacial score (nSPS) is 12.6. The molecule has 0 bridgehead atoms. The molecule has 0 spiro atoms. The summed E-state index contributed by atoms with van der Waals surface area (Å²) in [6, 6.07) is -1.41. The Hall–Kier alpha value is -4.18. The van der Waals surface area contributed by atoms with Crippen LogP contribution in [0.5, 0.6) is 0 Å². The minimum absolute atomic E-state index is 0.0147. The second-order valence-electron chi connectivity index (χ2n) is 7.63. The number of hydrogen-bond acceptors (Lipinski definition) is 14. The maximum Gasteiger partial charge on any atom is 0.332 e. The summed E-state index contributed by atoms with van der Waals surface area (Å²) >= 11 is 0. The van der Waals surface area contributed by atoms with Crippen LogP contribution in [0.4, 0.5) is 0 Å². The Balaban J connectivity index is 5.13. The van der Waals surface area contributed by atoms with E-state index >= 15 is 0 Å². The van der Waals surface area contributed by atoms with Crippen molar-refractivity contribution in [1.29, 1.82) is 0 Å². The van der Waals surface area contributed by atoms with Crippen LogP contribution in [0.25, 0.3) is 0 Å². The topological polar surface area (TPSA) is 222 Å². The van der Waals surface area contributed by atoms with E-state index in [1.165, 1.54) is 14.0 Å². The molecule has 0 aromatic rings. The molecule has 0 radical (unpaired) electrons. The molecule has 1 N–H and O–H groups in total. The van der Waals surface area contributed by atoms with Gasteiger partial charge in [0.2, 0.25) is 5.91 Å². The molecule has 0 aliphatic carbocycles. The number of unbranched alkanes of at least 4 members (excludes halogenated alkanes) is 2. The SMILES string of the molecule is CCCCCC(=O)OCC(NC(=O)CCCC(CO[N+](=O)[O-])O[N+](=O)[O-])C(=O)OC/C(OC)=C(\C)OC=O. The molecule has 0 saturated carbocycles. The fourth-order valence-corrected chi connectivity index (χ4v) is 2.80. The molecule has 0 aliphatic heterocycles. The summed E-state index contributed by atoms with van der Waals surface area (Å²) in [4.78, 5) is 76.7. The lowest BCUT2D eigenvalue weighted by atomic mass is 10.1. The van der Waals surface area contributed by atoms with Crippen molar-refractivity contribution in [3.8, 4) is 0 Å². The van der Waals surface area contributed by atoms with Gasteiger partial charge in [0.25, 0.3) is 16.6 Å². The smallest absolute Gasteiger partial charge is 0.332 e. The monoisotopic (exact) mass is 551 g/mol. The second kappa shape index (κ2) is 19.9. The standard InChI is InChI=1S/C21H33N3O14/c1-4-5-6-10-20(27)34-12-17(21(28)35-13-18(33-3)15(2)36-14-25)22-19(26)9-7-8-16(38-24(31)32)11-37-23(29)30/h14,16-17H,4-13H2,1-3H3,(H,22,26)/b18-15-. The van der Waals surface area contributed by atoms with Gasteiger partial charge in [-0.05, 0) is 26.2 Å². The van der Waals surface area contributed by atoms with Gasteiger partial charge >= 0.3 is 11.9 Å². The summed E-state index contributed by atoms with van der Waals surface area (Å²) < 4.78 is 19.8. The average Bonchev–Trinajstić information content (AvgIpc) is 2.85. The van der Waals surface area contributed by atoms with Gasteiger partial charge in [-0.15, -0.1) is 20.2 Å².